The number of nitrogens with zero attached hydrogens (tertiary/aromatic N) is 3. The van der Waals surface area contributed by atoms with Crippen LogP contribution in [0.15, 0.2) is 30.6 Å². The highest BCUT2D eigenvalue weighted by Crippen LogP contribution is 2.30. The van der Waals surface area contributed by atoms with Crippen LogP contribution in [0.2, 0.25) is 0 Å². The summed E-state index contributed by atoms with van der Waals surface area (Å²) in [4.78, 5) is 18.2. The van der Waals surface area contributed by atoms with Gasteiger partial charge in [-0.25, -0.2) is 4.98 Å². The molecule has 20 heavy (non-hydrogen) atoms. The summed E-state index contributed by atoms with van der Waals surface area (Å²) >= 11 is 0. The predicted octanol–water partition coefficient (Wildman–Crippen LogP) is 2.67. The van der Waals surface area contributed by atoms with Crippen molar-refractivity contribution in [2.75, 3.05) is 11.4 Å². The zero-order chi connectivity index (χ0) is 14.1. The summed E-state index contributed by atoms with van der Waals surface area (Å²) in [5.41, 5.74) is 3.31. The highest BCUT2D eigenvalue weighted by atomic mass is 16.1. The largest absolute Gasteiger partial charge is 0.363 e. The number of anilines is 1. The number of imidazole rings is 1. The molecular formula is C16H19N3O. The Morgan fingerprint density at radius 3 is 3.00 bits per heavy atom. The lowest BCUT2D eigenvalue weighted by Crippen LogP contribution is -2.22. The molecule has 0 spiro atoms. The van der Waals surface area contributed by atoms with E-state index in [0.717, 1.165) is 37.4 Å². The molecule has 0 radical (unpaired) electrons. The van der Waals surface area contributed by atoms with E-state index in [1.54, 1.807) is 6.92 Å². The fourth-order valence-corrected chi connectivity index (χ4v) is 2.80. The van der Waals surface area contributed by atoms with Crippen molar-refractivity contribution in [2.24, 2.45) is 0 Å². The second-order valence-electron chi connectivity index (χ2n) is 5.20. The number of aryl methyl sites for hydroxylation is 1. The monoisotopic (exact) mass is 269 g/mol. The summed E-state index contributed by atoms with van der Waals surface area (Å²) in [6.45, 7) is 6.51. The second kappa shape index (κ2) is 5.12. The number of carbonyl (C=O) groups is 1. The minimum absolute atomic E-state index is 0.132. The van der Waals surface area contributed by atoms with Crippen molar-refractivity contribution in [1.29, 1.82) is 0 Å². The maximum absolute atomic E-state index is 11.4. The van der Waals surface area contributed by atoms with Gasteiger partial charge in [-0.2, -0.15) is 0 Å². The van der Waals surface area contributed by atoms with Gasteiger partial charge in [-0.05, 0) is 44.0 Å². The third-order valence-corrected chi connectivity index (χ3v) is 3.95. The van der Waals surface area contributed by atoms with E-state index in [4.69, 9.17) is 0 Å². The van der Waals surface area contributed by atoms with E-state index in [2.05, 4.69) is 27.4 Å². The summed E-state index contributed by atoms with van der Waals surface area (Å²) in [6.07, 6.45) is 4.88. The molecule has 0 unspecified atom stereocenters. The molecule has 2 aromatic rings. The molecule has 1 aliphatic rings. The van der Waals surface area contributed by atoms with Gasteiger partial charge in [0.25, 0.3) is 0 Å². The predicted molar refractivity (Wildman–Crippen MR) is 79.1 cm³/mol. The van der Waals surface area contributed by atoms with Crippen molar-refractivity contribution in [2.45, 2.75) is 33.4 Å². The summed E-state index contributed by atoms with van der Waals surface area (Å²) in [5.74, 6) is 1.23. The van der Waals surface area contributed by atoms with Gasteiger partial charge >= 0.3 is 0 Å². The van der Waals surface area contributed by atoms with Crippen molar-refractivity contribution in [3.63, 3.8) is 0 Å². The number of benzene rings is 1. The molecule has 0 fully saturated rings. The number of hydrogen-bond acceptors (Lipinski definition) is 3. The molecule has 0 aliphatic carbocycles. The Morgan fingerprint density at radius 1 is 1.40 bits per heavy atom. The van der Waals surface area contributed by atoms with Crippen molar-refractivity contribution in [3.05, 3.63) is 47.5 Å². The summed E-state index contributed by atoms with van der Waals surface area (Å²) in [7, 11) is 0. The van der Waals surface area contributed by atoms with Gasteiger partial charge < -0.3 is 9.47 Å². The molecule has 1 aliphatic heterocycles. The third-order valence-electron chi connectivity index (χ3n) is 3.95. The molecule has 3 rings (SSSR count). The number of fused-ring (bicyclic) bond motifs is 1. The summed E-state index contributed by atoms with van der Waals surface area (Å²) in [6, 6.07) is 6.02. The number of aromatic nitrogens is 2. The summed E-state index contributed by atoms with van der Waals surface area (Å²) < 4.78 is 2.17. The average molecular weight is 269 g/mol. The van der Waals surface area contributed by atoms with Crippen LogP contribution < -0.4 is 4.90 Å². The number of rotatable bonds is 4. The van der Waals surface area contributed by atoms with Gasteiger partial charge in [-0.1, -0.05) is 0 Å². The molecule has 0 saturated heterocycles. The number of Topliss-reactive ketones (excluding diaryl/α,β-unsaturated/α-hetero) is 1. The van der Waals surface area contributed by atoms with Crippen LogP contribution >= 0.6 is 0 Å². The smallest absolute Gasteiger partial charge is 0.159 e. The van der Waals surface area contributed by atoms with Crippen molar-refractivity contribution >= 4 is 11.5 Å². The lowest BCUT2D eigenvalue weighted by atomic mass is 10.1. The quantitative estimate of drug-likeness (QED) is 0.801. The van der Waals surface area contributed by atoms with Crippen molar-refractivity contribution < 1.29 is 4.79 Å². The molecule has 4 heteroatoms. The zero-order valence-corrected chi connectivity index (χ0v) is 12.0. The van der Waals surface area contributed by atoms with E-state index >= 15 is 0 Å². The number of hydrogen-bond donors (Lipinski definition) is 0. The lowest BCUT2D eigenvalue weighted by Gasteiger charge is -2.19. The molecule has 0 N–H and O–H groups in total. The minimum atomic E-state index is 0.132. The molecule has 1 aromatic heterocycles. The van der Waals surface area contributed by atoms with Crippen LogP contribution in [0.25, 0.3) is 0 Å². The van der Waals surface area contributed by atoms with Gasteiger partial charge in [0.1, 0.15) is 5.82 Å². The standard InChI is InChI=1S/C16H19N3O/c1-3-18-9-7-17-16(18)11-19-8-6-14-10-13(12(2)20)4-5-15(14)19/h4-5,7,9-10H,3,6,8,11H2,1-2H3. The van der Waals surface area contributed by atoms with Crippen LogP contribution in [-0.4, -0.2) is 21.9 Å². The van der Waals surface area contributed by atoms with Crippen LogP contribution in [0, 0.1) is 0 Å². The fraction of sp³-hybridized carbons (Fsp3) is 0.375. The topological polar surface area (TPSA) is 38.1 Å². The van der Waals surface area contributed by atoms with Gasteiger partial charge in [0.2, 0.25) is 0 Å². The van der Waals surface area contributed by atoms with Gasteiger partial charge in [0.05, 0.1) is 6.54 Å². The van der Waals surface area contributed by atoms with Crippen molar-refractivity contribution in [1.82, 2.24) is 9.55 Å². The van der Waals surface area contributed by atoms with Gasteiger partial charge in [0, 0.05) is 36.7 Å². The molecular weight excluding hydrogens is 250 g/mol. The fourth-order valence-electron chi connectivity index (χ4n) is 2.80. The third kappa shape index (κ3) is 2.22. The molecule has 4 nitrogen and oxygen atoms in total. The first-order valence-electron chi connectivity index (χ1n) is 7.08. The Morgan fingerprint density at radius 2 is 2.25 bits per heavy atom. The maximum atomic E-state index is 11.4. The molecule has 2 heterocycles. The number of ketones is 1. The molecule has 104 valence electrons. The molecule has 1 aromatic carbocycles. The Labute approximate surface area is 119 Å². The molecule has 0 atom stereocenters. The van der Waals surface area contributed by atoms with Crippen LogP contribution in [0.5, 0.6) is 0 Å². The Hall–Kier alpha value is -2.10. The van der Waals surface area contributed by atoms with E-state index < -0.39 is 0 Å². The highest BCUT2D eigenvalue weighted by Gasteiger charge is 2.21. The Bertz CT molecular complexity index is 645. The maximum Gasteiger partial charge on any atom is 0.159 e. The lowest BCUT2D eigenvalue weighted by molar-refractivity contribution is 0.101. The number of carbonyl (C=O) groups excluding carboxylic acids is 1. The van der Waals surface area contributed by atoms with Gasteiger partial charge in [-0.15, -0.1) is 0 Å². The first kappa shape index (κ1) is 12.9. The minimum Gasteiger partial charge on any atom is -0.363 e. The normalized spacial score (nSPS) is 13.6. The van der Waals surface area contributed by atoms with Gasteiger partial charge in [-0.3, -0.25) is 4.79 Å². The van der Waals surface area contributed by atoms with Crippen molar-refractivity contribution in [3.8, 4) is 0 Å². The van der Waals surface area contributed by atoms with Crippen LogP contribution in [-0.2, 0) is 19.5 Å². The van der Waals surface area contributed by atoms with E-state index in [-0.39, 0.29) is 5.78 Å². The van der Waals surface area contributed by atoms with E-state index in [9.17, 15) is 4.79 Å². The average Bonchev–Trinajstić information content (AvgIpc) is 3.05. The van der Waals surface area contributed by atoms with E-state index in [0.29, 0.717) is 0 Å². The Kier molecular flexibility index (Phi) is 3.30. The first-order chi connectivity index (χ1) is 9.69. The van der Waals surface area contributed by atoms with Gasteiger partial charge in [0.15, 0.2) is 5.78 Å². The molecule has 0 bridgehead atoms. The molecule has 0 amide bonds. The SMILES string of the molecule is CCn1ccnc1CN1CCc2cc(C(C)=O)ccc21. The highest BCUT2D eigenvalue weighted by molar-refractivity contribution is 5.94. The summed E-state index contributed by atoms with van der Waals surface area (Å²) in [5, 5.41) is 0. The van der Waals surface area contributed by atoms with Crippen LogP contribution in [0.3, 0.4) is 0 Å². The Balaban J connectivity index is 1.84. The van der Waals surface area contributed by atoms with E-state index in [1.807, 2.05) is 24.5 Å². The first-order valence-corrected chi connectivity index (χ1v) is 7.08. The second-order valence-corrected chi connectivity index (χ2v) is 5.20. The molecule has 0 saturated carbocycles. The van der Waals surface area contributed by atoms with E-state index in [1.165, 1.54) is 11.3 Å². The van der Waals surface area contributed by atoms with Crippen LogP contribution in [0.1, 0.15) is 35.6 Å². The zero-order valence-electron chi connectivity index (χ0n) is 12.0. The van der Waals surface area contributed by atoms with Crippen LogP contribution in [0.4, 0.5) is 5.69 Å².